The van der Waals surface area contributed by atoms with Crippen molar-refractivity contribution in [1.29, 1.82) is 0 Å². The minimum Gasteiger partial charge on any atom is -0.468 e. The zero-order chi connectivity index (χ0) is 11.5. The Morgan fingerprint density at radius 3 is 2.81 bits per heavy atom. The van der Waals surface area contributed by atoms with E-state index in [-0.39, 0.29) is 6.10 Å². The molecule has 0 unspecified atom stereocenters. The lowest BCUT2D eigenvalue weighted by Gasteiger charge is -2.26. The molecule has 0 bridgehead atoms. The van der Waals surface area contributed by atoms with Crippen molar-refractivity contribution in [2.24, 2.45) is 0 Å². The molecule has 2 heterocycles. The lowest BCUT2D eigenvalue weighted by Crippen LogP contribution is -2.38. The molecule has 0 atom stereocenters. The van der Waals surface area contributed by atoms with Crippen LogP contribution >= 0.6 is 23.2 Å². The summed E-state index contributed by atoms with van der Waals surface area (Å²) in [4.78, 5) is 4.23. The van der Waals surface area contributed by atoms with Gasteiger partial charge in [-0.25, -0.2) is 0 Å². The first-order valence-corrected chi connectivity index (χ1v) is 5.80. The SMILES string of the molecule is CCNc1nc(OC2COC2)c(Cl)cc1Cl. The van der Waals surface area contributed by atoms with Crippen LogP contribution in [0.2, 0.25) is 10.0 Å². The van der Waals surface area contributed by atoms with E-state index >= 15 is 0 Å². The van der Waals surface area contributed by atoms with Crippen molar-refractivity contribution >= 4 is 29.0 Å². The fraction of sp³-hybridized carbons (Fsp3) is 0.500. The molecule has 2 rings (SSSR count). The molecule has 6 heteroatoms. The number of hydrogen-bond acceptors (Lipinski definition) is 4. The number of ether oxygens (including phenoxy) is 2. The number of halogens is 2. The molecule has 4 nitrogen and oxygen atoms in total. The normalized spacial score (nSPS) is 15.7. The van der Waals surface area contributed by atoms with Gasteiger partial charge >= 0.3 is 0 Å². The summed E-state index contributed by atoms with van der Waals surface area (Å²) in [5.74, 6) is 0.985. The van der Waals surface area contributed by atoms with Crippen LogP contribution < -0.4 is 10.1 Å². The number of aromatic nitrogens is 1. The van der Waals surface area contributed by atoms with Crippen molar-refractivity contribution in [3.05, 3.63) is 16.1 Å². The zero-order valence-electron chi connectivity index (χ0n) is 8.80. The summed E-state index contributed by atoms with van der Waals surface area (Å²) < 4.78 is 10.6. The minimum atomic E-state index is 0.0423. The molecule has 16 heavy (non-hydrogen) atoms. The van der Waals surface area contributed by atoms with Gasteiger partial charge in [-0.05, 0) is 13.0 Å². The standard InChI is InChI=1S/C10H12Cl2N2O2/c1-2-13-9-7(11)3-8(12)10(14-9)16-6-4-15-5-6/h3,6H,2,4-5H2,1H3,(H,13,14). The van der Waals surface area contributed by atoms with Gasteiger partial charge in [-0.3, -0.25) is 0 Å². The Bertz CT molecular complexity index is 383. The van der Waals surface area contributed by atoms with Gasteiger partial charge in [0.05, 0.1) is 18.2 Å². The second-order valence-electron chi connectivity index (χ2n) is 3.41. The second-order valence-corrected chi connectivity index (χ2v) is 4.23. The summed E-state index contributed by atoms with van der Waals surface area (Å²) in [6.45, 7) is 3.86. The van der Waals surface area contributed by atoms with Crippen molar-refractivity contribution in [2.45, 2.75) is 13.0 Å². The van der Waals surface area contributed by atoms with E-state index in [1.165, 1.54) is 0 Å². The molecule has 1 N–H and O–H groups in total. The molecular weight excluding hydrogens is 251 g/mol. The Morgan fingerprint density at radius 1 is 1.50 bits per heavy atom. The maximum absolute atomic E-state index is 5.99. The van der Waals surface area contributed by atoms with Crippen LogP contribution in [0.1, 0.15) is 6.92 Å². The van der Waals surface area contributed by atoms with Crippen LogP contribution in [-0.2, 0) is 4.74 Å². The largest absolute Gasteiger partial charge is 0.468 e. The van der Waals surface area contributed by atoms with Crippen molar-refractivity contribution in [1.82, 2.24) is 4.98 Å². The van der Waals surface area contributed by atoms with Gasteiger partial charge in [0.15, 0.2) is 0 Å². The molecule has 1 saturated heterocycles. The third kappa shape index (κ3) is 2.51. The van der Waals surface area contributed by atoms with Crippen LogP contribution in [0.3, 0.4) is 0 Å². The first kappa shape index (κ1) is 11.8. The number of pyridine rings is 1. The quantitative estimate of drug-likeness (QED) is 0.906. The lowest BCUT2D eigenvalue weighted by molar-refractivity contribution is -0.0812. The summed E-state index contributed by atoms with van der Waals surface area (Å²) in [6.07, 6.45) is 0.0423. The van der Waals surface area contributed by atoms with E-state index in [9.17, 15) is 0 Å². The van der Waals surface area contributed by atoms with Crippen LogP contribution in [0.5, 0.6) is 5.88 Å². The summed E-state index contributed by atoms with van der Waals surface area (Å²) >= 11 is 12.0. The van der Waals surface area contributed by atoms with Gasteiger partial charge in [0.2, 0.25) is 5.88 Å². The molecule has 1 aromatic heterocycles. The molecule has 0 amide bonds. The van der Waals surface area contributed by atoms with Crippen molar-refractivity contribution in [3.8, 4) is 5.88 Å². The maximum Gasteiger partial charge on any atom is 0.235 e. The Hall–Kier alpha value is -0.710. The molecular formula is C10H12Cl2N2O2. The third-order valence-corrected chi connectivity index (χ3v) is 2.69. The summed E-state index contributed by atoms with van der Waals surface area (Å²) in [6, 6.07) is 1.63. The first-order valence-electron chi connectivity index (χ1n) is 5.05. The van der Waals surface area contributed by atoms with Gasteiger partial charge in [-0.1, -0.05) is 23.2 Å². The average molecular weight is 263 g/mol. The van der Waals surface area contributed by atoms with Crippen LogP contribution in [0, 0.1) is 0 Å². The Kier molecular flexibility index (Phi) is 3.74. The Balaban J connectivity index is 2.18. The minimum absolute atomic E-state index is 0.0423. The highest BCUT2D eigenvalue weighted by Crippen LogP contribution is 2.31. The van der Waals surface area contributed by atoms with E-state index in [4.69, 9.17) is 32.7 Å². The van der Waals surface area contributed by atoms with Gasteiger partial charge < -0.3 is 14.8 Å². The number of rotatable bonds is 4. The smallest absolute Gasteiger partial charge is 0.235 e. The van der Waals surface area contributed by atoms with E-state index in [1.807, 2.05) is 6.92 Å². The average Bonchev–Trinajstić information content (AvgIpc) is 2.18. The molecule has 0 aliphatic carbocycles. The predicted molar refractivity (Wildman–Crippen MR) is 63.7 cm³/mol. The number of anilines is 1. The second kappa shape index (κ2) is 5.08. The maximum atomic E-state index is 5.99. The molecule has 0 saturated carbocycles. The molecule has 1 aliphatic heterocycles. The molecule has 88 valence electrons. The highest BCUT2D eigenvalue weighted by atomic mass is 35.5. The lowest BCUT2D eigenvalue weighted by atomic mass is 10.3. The Labute approximate surface area is 104 Å². The number of nitrogens with one attached hydrogen (secondary N) is 1. The van der Waals surface area contributed by atoms with Crippen LogP contribution in [-0.4, -0.2) is 30.8 Å². The number of nitrogens with zero attached hydrogens (tertiary/aromatic N) is 1. The van der Waals surface area contributed by atoms with E-state index in [1.54, 1.807) is 6.07 Å². The summed E-state index contributed by atoms with van der Waals surface area (Å²) in [5.41, 5.74) is 0. The predicted octanol–water partition coefficient (Wildman–Crippen LogP) is 2.60. The highest BCUT2D eigenvalue weighted by Gasteiger charge is 2.22. The van der Waals surface area contributed by atoms with Crippen LogP contribution in [0.4, 0.5) is 5.82 Å². The number of hydrogen-bond donors (Lipinski definition) is 1. The van der Waals surface area contributed by atoms with E-state index in [0.29, 0.717) is 35.0 Å². The zero-order valence-corrected chi connectivity index (χ0v) is 10.3. The van der Waals surface area contributed by atoms with Crippen molar-refractivity contribution in [3.63, 3.8) is 0 Å². The van der Waals surface area contributed by atoms with E-state index in [0.717, 1.165) is 6.54 Å². The highest BCUT2D eigenvalue weighted by molar-refractivity contribution is 6.36. The van der Waals surface area contributed by atoms with Gasteiger partial charge in [0.1, 0.15) is 16.9 Å². The summed E-state index contributed by atoms with van der Waals surface area (Å²) in [5, 5.41) is 3.94. The van der Waals surface area contributed by atoms with E-state index < -0.39 is 0 Å². The fourth-order valence-corrected chi connectivity index (χ4v) is 1.73. The first-order chi connectivity index (χ1) is 7.70. The molecule has 0 radical (unpaired) electrons. The summed E-state index contributed by atoms with van der Waals surface area (Å²) in [7, 11) is 0. The molecule has 1 aliphatic rings. The van der Waals surface area contributed by atoms with Crippen molar-refractivity contribution < 1.29 is 9.47 Å². The van der Waals surface area contributed by atoms with Gasteiger partial charge in [-0.15, -0.1) is 0 Å². The Morgan fingerprint density at radius 2 is 2.25 bits per heavy atom. The van der Waals surface area contributed by atoms with E-state index in [2.05, 4.69) is 10.3 Å². The molecule has 0 spiro atoms. The fourth-order valence-electron chi connectivity index (χ4n) is 1.26. The topological polar surface area (TPSA) is 43.4 Å². The monoisotopic (exact) mass is 262 g/mol. The van der Waals surface area contributed by atoms with Crippen molar-refractivity contribution in [2.75, 3.05) is 25.1 Å². The van der Waals surface area contributed by atoms with Gasteiger partial charge in [0, 0.05) is 6.54 Å². The molecule has 1 aromatic rings. The van der Waals surface area contributed by atoms with Crippen LogP contribution in [0.15, 0.2) is 6.07 Å². The van der Waals surface area contributed by atoms with Gasteiger partial charge in [0.25, 0.3) is 0 Å². The van der Waals surface area contributed by atoms with Gasteiger partial charge in [-0.2, -0.15) is 4.98 Å². The third-order valence-electron chi connectivity index (χ3n) is 2.13. The molecule has 0 aromatic carbocycles. The molecule has 1 fully saturated rings. The van der Waals surface area contributed by atoms with Crippen LogP contribution in [0.25, 0.3) is 0 Å².